The molecular weight excluding hydrogens is 454 g/mol. The molecule has 3 rings (SSSR count). The number of alkyl carbamates (subject to hydrolysis) is 1. The van der Waals surface area contributed by atoms with E-state index in [4.69, 9.17) is 4.74 Å². The molecule has 3 saturated carbocycles. The average molecular weight is 510 g/mol. The van der Waals surface area contributed by atoms with Gasteiger partial charge in [0.2, 0.25) is 0 Å². The van der Waals surface area contributed by atoms with E-state index in [0.29, 0.717) is 23.4 Å². The summed E-state index contributed by atoms with van der Waals surface area (Å²) in [5, 5.41) is 3.36. The van der Waals surface area contributed by atoms with Crippen LogP contribution < -0.4 is 5.32 Å². The Kier molecular flexibility index (Phi) is 9.97. The van der Waals surface area contributed by atoms with Gasteiger partial charge in [-0.3, -0.25) is 0 Å². The maximum atomic E-state index is 12.8. The second-order valence-corrected chi connectivity index (χ2v) is 14.0. The van der Waals surface area contributed by atoms with Crippen molar-refractivity contribution in [2.75, 3.05) is 6.61 Å². The molecule has 1 N–H and O–H groups in total. The lowest BCUT2D eigenvalue weighted by atomic mass is 9.46. The molecule has 0 spiro atoms. The van der Waals surface area contributed by atoms with Crippen LogP contribution in [-0.2, 0) is 4.74 Å². The largest absolute Gasteiger partial charge is 0.445 e. The van der Waals surface area contributed by atoms with Crippen molar-refractivity contribution < 1.29 is 9.53 Å². The molecule has 3 fully saturated rings. The zero-order chi connectivity index (χ0) is 27.3. The van der Waals surface area contributed by atoms with E-state index in [1.807, 2.05) is 0 Å². The van der Waals surface area contributed by atoms with Gasteiger partial charge in [0.25, 0.3) is 0 Å². The zero-order valence-electron chi connectivity index (χ0n) is 25.3. The standard InChI is InChI=1S/C34H55NO2/c1-25(2)12-9-13-26(3)14-10-15-27(4)16-11-17-28(5)18-19-37-31(36)35-34-21-29(6)20-32(7)23-33(8,24-34)30(32)22-34/h12,14,16,18,29-30H,9-11,13,15,17,19-24H2,1-8H3,(H,35,36)/b26-14+,27-16+,28-18+. The van der Waals surface area contributed by atoms with Crippen molar-refractivity contribution in [2.24, 2.45) is 22.7 Å². The number of carbonyl (C=O) groups excluding carboxylic acids is 1. The van der Waals surface area contributed by atoms with Gasteiger partial charge in [-0.15, -0.1) is 0 Å². The number of allylic oxidation sites excluding steroid dienone is 7. The van der Waals surface area contributed by atoms with Crippen molar-refractivity contribution in [1.82, 2.24) is 5.32 Å². The molecule has 1 amide bonds. The van der Waals surface area contributed by atoms with Crippen molar-refractivity contribution in [3.63, 3.8) is 0 Å². The van der Waals surface area contributed by atoms with E-state index in [1.54, 1.807) is 0 Å². The molecule has 0 saturated heterocycles. The van der Waals surface area contributed by atoms with Gasteiger partial charge < -0.3 is 10.1 Å². The number of fused-ring (bicyclic) bond motifs is 1. The first-order chi connectivity index (χ1) is 17.3. The van der Waals surface area contributed by atoms with Crippen LogP contribution in [-0.4, -0.2) is 18.2 Å². The van der Waals surface area contributed by atoms with E-state index in [0.717, 1.165) is 63.7 Å². The van der Waals surface area contributed by atoms with Gasteiger partial charge in [0.1, 0.15) is 6.61 Å². The third-order valence-corrected chi connectivity index (χ3v) is 9.55. The van der Waals surface area contributed by atoms with Crippen LogP contribution in [0.4, 0.5) is 4.79 Å². The number of nitrogens with one attached hydrogen (secondary N) is 1. The van der Waals surface area contributed by atoms with Gasteiger partial charge in [-0.05, 0) is 134 Å². The molecule has 0 aromatic rings. The molecule has 0 aromatic heterocycles. The minimum atomic E-state index is -0.232. The Morgan fingerprint density at radius 1 is 0.784 bits per heavy atom. The molecule has 3 nitrogen and oxygen atoms in total. The van der Waals surface area contributed by atoms with E-state index >= 15 is 0 Å². The van der Waals surface area contributed by atoms with Crippen LogP contribution >= 0.6 is 0 Å². The van der Waals surface area contributed by atoms with Crippen LogP contribution in [0.25, 0.3) is 0 Å². The monoisotopic (exact) mass is 509 g/mol. The van der Waals surface area contributed by atoms with E-state index in [2.05, 4.69) is 85.0 Å². The van der Waals surface area contributed by atoms with Crippen molar-refractivity contribution in [3.8, 4) is 0 Å². The minimum absolute atomic E-state index is 0.0649. The zero-order valence-corrected chi connectivity index (χ0v) is 25.3. The van der Waals surface area contributed by atoms with Gasteiger partial charge in [-0.25, -0.2) is 4.79 Å². The van der Waals surface area contributed by atoms with Gasteiger partial charge in [0, 0.05) is 5.54 Å². The second kappa shape index (κ2) is 12.4. The summed E-state index contributed by atoms with van der Waals surface area (Å²) in [4.78, 5) is 12.8. The highest BCUT2D eigenvalue weighted by Crippen LogP contribution is 2.73. The van der Waals surface area contributed by atoms with E-state index in [1.165, 1.54) is 35.1 Å². The van der Waals surface area contributed by atoms with E-state index < -0.39 is 0 Å². The smallest absolute Gasteiger partial charge is 0.407 e. The summed E-state index contributed by atoms with van der Waals surface area (Å²) in [5.74, 6) is 1.41. The quantitative estimate of drug-likeness (QED) is 0.266. The summed E-state index contributed by atoms with van der Waals surface area (Å²) in [5.41, 5.74) is 6.47. The number of rotatable bonds is 12. The first-order valence-corrected chi connectivity index (χ1v) is 14.9. The van der Waals surface area contributed by atoms with Crippen LogP contribution in [0.3, 0.4) is 0 Å². The molecule has 0 radical (unpaired) electrons. The lowest BCUT2D eigenvalue weighted by Crippen LogP contribution is -2.52. The topological polar surface area (TPSA) is 38.3 Å². The van der Waals surface area contributed by atoms with Gasteiger partial charge in [0.15, 0.2) is 0 Å². The lowest BCUT2D eigenvalue weighted by Gasteiger charge is -2.59. The molecule has 3 aliphatic carbocycles. The molecule has 0 aliphatic heterocycles. The minimum Gasteiger partial charge on any atom is -0.445 e. The summed E-state index contributed by atoms with van der Waals surface area (Å²) in [6.45, 7) is 18.6. The molecule has 5 atom stereocenters. The lowest BCUT2D eigenvalue weighted by molar-refractivity contribution is -0.0972. The van der Waals surface area contributed by atoms with Crippen molar-refractivity contribution >= 4 is 6.09 Å². The third-order valence-electron chi connectivity index (χ3n) is 9.55. The summed E-state index contributed by atoms with van der Waals surface area (Å²) in [6, 6.07) is 0. The van der Waals surface area contributed by atoms with Crippen LogP contribution in [0.1, 0.15) is 126 Å². The Labute approximate surface area is 228 Å². The maximum absolute atomic E-state index is 12.8. The highest BCUT2D eigenvalue weighted by molar-refractivity contribution is 5.68. The fraction of sp³-hybridized carbons (Fsp3) is 0.735. The predicted octanol–water partition coefficient (Wildman–Crippen LogP) is 9.85. The maximum Gasteiger partial charge on any atom is 0.407 e. The number of carbonyl (C=O) groups is 1. The summed E-state index contributed by atoms with van der Waals surface area (Å²) < 4.78 is 5.64. The highest BCUT2D eigenvalue weighted by atomic mass is 16.5. The molecule has 208 valence electrons. The fourth-order valence-electron chi connectivity index (χ4n) is 8.34. The SMILES string of the molecule is CC(C)=CCC/C(C)=C/CC/C(C)=C/CC/C(C)=C/COC(=O)NC12CC(C)CC3(C)CC(C)(C1)C3C2. The first-order valence-electron chi connectivity index (χ1n) is 14.9. The van der Waals surface area contributed by atoms with Gasteiger partial charge in [0.05, 0.1) is 0 Å². The molecule has 0 heterocycles. The molecule has 5 unspecified atom stereocenters. The summed E-state index contributed by atoms with van der Waals surface area (Å²) >= 11 is 0. The van der Waals surface area contributed by atoms with Crippen molar-refractivity contribution in [2.45, 2.75) is 132 Å². The normalized spacial score (nSPS) is 33.5. The Hall–Kier alpha value is -1.77. The molecule has 3 aliphatic rings. The molecular formula is C34H55NO2. The van der Waals surface area contributed by atoms with E-state index in [-0.39, 0.29) is 11.6 Å². The molecule has 2 bridgehead atoms. The third kappa shape index (κ3) is 8.11. The highest BCUT2D eigenvalue weighted by Gasteiger charge is 2.68. The van der Waals surface area contributed by atoms with Gasteiger partial charge in [-0.2, -0.15) is 0 Å². The van der Waals surface area contributed by atoms with Gasteiger partial charge in [-0.1, -0.05) is 61.3 Å². The molecule has 37 heavy (non-hydrogen) atoms. The first kappa shape index (κ1) is 29.8. The Morgan fingerprint density at radius 3 is 1.95 bits per heavy atom. The number of hydrogen-bond acceptors (Lipinski definition) is 2. The predicted molar refractivity (Wildman–Crippen MR) is 158 cm³/mol. The number of hydrogen-bond donors (Lipinski definition) is 1. The van der Waals surface area contributed by atoms with Crippen molar-refractivity contribution in [3.05, 3.63) is 46.6 Å². The van der Waals surface area contributed by atoms with Crippen LogP contribution in [0.2, 0.25) is 0 Å². The van der Waals surface area contributed by atoms with Gasteiger partial charge >= 0.3 is 6.09 Å². The fourth-order valence-corrected chi connectivity index (χ4v) is 8.34. The number of ether oxygens (including phenoxy) is 1. The number of amides is 1. The summed E-state index contributed by atoms with van der Waals surface area (Å²) in [6.07, 6.45) is 21.5. The van der Waals surface area contributed by atoms with Crippen LogP contribution in [0, 0.1) is 22.7 Å². The average Bonchev–Trinajstić information content (AvgIpc) is 2.95. The van der Waals surface area contributed by atoms with Crippen LogP contribution in [0.5, 0.6) is 0 Å². The van der Waals surface area contributed by atoms with E-state index in [9.17, 15) is 4.79 Å². The second-order valence-electron chi connectivity index (χ2n) is 14.0. The Morgan fingerprint density at radius 2 is 1.35 bits per heavy atom. The van der Waals surface area contributed by atoms with Crippen molar-refractivity contribution in [1.29, 1.82) is 0 Å². The Bertz CT molecular complexity index is 931. The molecule has 0 aromatic carbocycles. The molecule has 3 heteroatoms. The van der Waals surface area contributed by atoms with Crippen LogP contribution in [0.15, 0.2) is 46.6 Å². The Balaban J connectivity index is 1.35. The summed E-state index contributed by atoms with van der Waals surface area (Å²) in [7, 11) is 0.